The first kappa shape index (κ1) is 28.1. The molecule has 3 rings (SSSR count). The van der Waals surface area contributed by atoms with E-state index < -0.39 is 16.9 Å². The molecule has 0 saturated carbocycles. The molecule has 2 atom stereocenters. The van der Waals surface area contributed by atoms with Gasteiger partial charge in [-0.3, -0.25) is 9.69 Å². The molecular weight excluding hydrogens is 472 g/mol. The lowest BCUT2D eigenvalue weighted by Gasteiger charge is -2.43. The predicted octanol–water partition coefficient (Wildman–Crippen LogP) is 4.82. The number of hydrogen-bond acceptors (Lipinski definition) is 7. The molecule has 2 unspecified atom stereocenters. The highest BCUT2D eigenvalue weighted by Crippen LogP contribution is 2.43. The topological polar surface area (TPSA) is 101 Å². The highest BCUT2D eigenvalue weighted by atomic mass is 16.5. The molecule has 0 bridgehead atoms. The van der Waals surface area contributed by atoms with Crippen LogP contribution in [0.2, 0.25) is 0 Å². The second-order valence-electron chi connectivity index (χ2n) is 10.0. The van der Waals surface area contributed by atoms with E-state index in [0.29, 0.717) is 55.2 Å². The van der Waals surface area contributed by atoms with Gasteiger partial charge >= 0.3 is 5.97 Å². The number of ether oxygens (including phenoxy) is 4. The second kappa shape index (κ2) is 11.3. The standard InChI is InChI=1S/C29H38N2O6/c1-19(2)28(18-30,22-9-10-23(34-4)26(15-22)37-7)11-8-12-29(27(32)33)16-20-13-24(35-5)25(36-6)14-21(20)17-31(29)3/h9-10,13-15,19H,8,11-12,16-17H2,1-7H3,(H,32,33). The summed E-state index contributed by atoms with van der Waals surface area (Å²) in [6, 6.07) is 12.0. The average Bonchev–Trinajstić information content (AvgIpc) is 2.89. The number of methoxy groups -OCH3 is 4. The van der Waals surface area contributed by atoms with Crippen LogP contribution in [0.5, 0.6) is 23.0 Å². The Bertz CT molecular complexity index is 1170. The molecular formula is C29H38N2O6. The van der Waals surface area contributed by atoms with E-state index in [1.54, 1.807) is 28.4 Å². The van der Waals surface area contributed by atoms with Crippen LogP contribution in [0, 0.1) is 17.2 Å². The van der Waals surface area contributed by atoms with Gasteiger partial charge in [-0.15, -0.1) is 0 Å². The molecule has 0 radical (unpaired) electrons. The molecule has 1 aliphatic rings. The van der Waals surface area contributed by atoms with Gasteiger partial charge in [0.2, 0.25) is 0 Å². The number of carbonyl (C=O) groups is 1. The number of nitrogens with zero attached hydrogens (tertiary/aromatic N) is 2. The quantitative estimate of drug-likeness (QED) is 0.459. The average molecular weight is 511 g/mol. The highest BCUT2D eigenvalue weighted by molar-refractivity contribution is 5.80. The first-order valence-corrected chi connectivity index (χ1v) is 12.4. The lowest BCUT2D eigenvalue weighted by Crippen LogP contribution is -2.56. The minimum absolute atomic E-state index is 0.00193. The Morgan fingerprint density at radius 3 is 2.11 bits per heavy atom. The summed E-state index contributed by atoms with van der Waals surface area (Å²) in [5.41, 5.74) is 0.902. The Morgan fingerprint density at radius 2 is 1.59 bits per heavy atom. The Balaban J connectivity index is 1.92. The van der Waals surface area contributed by atoms with Crippen LogP contribution < -0.4 is 18.9 Å². The summed E-state index contributed by atoms with van der Waals surface area (Å²) in [4.78, 5) is 14.7. The first-order valence-electron chi connectivity index (χ1n) is 12.4. The predicted molar refractivity (Wildman–Crippen MR) is 141 cm³/mol. The van der Waals surface area contributed by atoms with Crippen molar-refractivity contribution in [3.8, 4) is 29.1 Å². The number of fused-ring (bicyclic) bond motifs is 1. The molecule has 0 aliphatic carbocycles. The van der Waals surface area contributed by atoms with Crippen LogP contribution >= 0.6 is 0 Å². The Kier molecular flexibility index (Phi) is 8.60. The summed E-state index contributed by atoms with van der Waals surface area (Å²) in [5.74, 6) is 1.51. The van der Waals surface area contributed by atoms with Gasteiger partial charge in [0, 0.05) is 13.0 Å². The van der Waals surface area contributed by atoms with E-state index >= 15 is 0 Å². The summed E-state index contributed by atoms with van der Waals surface area (Å²) in [7, 11) is 8.16. The van der Waals surface area contributed by atoms with Crippen LogP contribution in [0.15, 0.2) is 30.3 Å². The van der Waals surface area contributed by atoms with E-state index in [0.717, 1.165) is 16.7 Å². The Hall–Kier alpha value is -3.44. The first-order chi connectivity index (χ1) is 17.6. The molecule has 0 fully saturated rings. The van der Waals surface area contributed by atoms with Crippen molar-refractivity contribution in [2.24, 2.45) is 5.92 Å². The molecule has 8 heteroatoms. The maximum atomic E-state index is 12.8. The number of aliphatic carboxylic acids is 1. The van der Waals surface area contributed by atoms with Crippen LogP contribution in [0.1, 0.15) is 49.8 Å². The maximum absolute atomic E-state index is 12.8. The van der Waals surface area contributed by atoms with Crippen molar-refractivity contribution in [1.29, 1.82) is 5.26 Å². The fourth-order valence-electron chi connectivity index (χ4n) is 5.55. The molecule has 200 valence electrons. The smallest absolute Gasteiger partial charge is 0.324 e. The van der Waals surface area contributed by atoms with Gasteiger partial charge in [0.15, 0.2) is 23.0 Å². The summed E-state index contributed by atoms with van der Waals surface area (Å²) in [5, 5.41) is 20.9. The van der Waals surface area contributed by atoms with E-state index in [2.05, 4.69) is 6.07 Å². The molecule has 0 amide bonds. The number of rotatable bonds is 11. The molecule has 37 heavy (non-hydrogen) atoms. The van der Waals surface area contributed by atoms with Gasteiger partial charge in [-0.05, 0) is 73.2 Å². The maximum Gasteiger partial charge on any atom is 0.324 e. The van der Waals surface area contributed by atoms with Gasteiger partial charge in [-0.2, -0.15) is 5.26 Å². The fourth-order valence-corrected chi connectivity index (χ4v) is 5.55. The molecule has 1 heterocycles. The monoisotopic (exact) mass is 510 g/mol. The summed E-state index contributed by atoms with van der Waals surface area (Å²) >= 11 is 0. The summed E-state index contributed by atoms with van der Waals surface area (Å²) in [6.45, 7) is 4.52. The van der Waals surface area contributed by atoms with Crippen molar-refractivity contribution in [2.45, 2.75) is 57.0 Å². The normalized spacial score (nSPS) is 18.9. The second-order valence-corrected chi connectivity index (χ2v) is 10.0. The minimum Gasteiger partial charge on any atom is -0.493 e. The summed E-state index contributed by atoms with van der Waals surface area (Å²) < 4.78 is 21.8. The van der Waals surface area contributed by atoms with Gasteiger partial charge in [0.25, 0.3) is 0 Å². The van der Waals surface area contributed by atoms with E-state index in [-0.39, 0.29) is 5.92 Å². The van der Waals surface area contributed by atoms with Crippen molar-refractivity contribution in [3.63, 3.8) is 0 Å². The Morgan fingerprint density at radius 1 is 1.03 bits per heavy atom. The SMILES string of the molecule is COc1ccc(C(C#N)(CCCC2(C(=O)O)Cc3cc(OC)c(OC)cc3CN2C)C(C)C)cc1OC. The number of benzene rings is 2. The number of hydrogen-bond donors (Lipinski definition) is 1. The van der Waals surface area contributed by atoms with E-state index in [4.69, 9.17) is 18.9 Å². The minimum atomic E-state index is -1.09. The van der Waals surface area contributed by atoms with Crippen LogP contribution in [0.4, 0.5) is 0 Å². The van der Waals surface area contributed by atoms with Crippen molar-refractivity contribution in [1.82, 2.24) is 4.90 Å². The molecule has 0 spiro atoms. The zero-order valence-corrected chi connectivity index (χ0v) is 22.9. The van der Waals surface area contributed by atoms with Crippen molar-refractivity contribution in [3.05, 3.63) is 47.0 Å². The third kappa shape index (κ3) is 5.05. The largest absolute Gasteiger partial charge is 0.493 e. The Labute approximate surface area is 219 Å². The van der Waals surface area contributed by atoms with Gasteiger partial charge in [-0.25, -0.2) is 0 Å². The van der Waals surface area contributed by atoms with Crippen molar-refractivity contribution >= 4 is 5.97 Å². The van der Waals surface area contributed by atoms with Crippen LogP contribution in [-0.4, -0.2) is 57.0 Å². The van der Waals surface area contributed by atoms with Gasteiger partial charge in [0.05, 0.1) is 39.9 Å². The van der Waals surface area contributed by atoms with Gasteiger partial charge < -0.3 is 24.1 Å². The molecule has 8 nitrogen and oxygen atoms in total. The summed E-state index contributed by atoms with van der Waals surface area (Å²) in [6.07, 6.45) is 1.81. The zero-order chi connectivity index (χ0) is 27.4. The van der Waals surface area contributed by atoms with Crippen LogP contribution in [0.25, 0.3) is 0 Å². The van der Waals surface area contributed by atoms with Crippen molar-refractivity contribution in [2.75, 3.05) is 35.5 Å². The lowest BCUT2D eigenvalue weighted by molar-refractivity contribution is -0.152. The third-order valence-electron chi connectivity index (χ3n) is 7.97. The molecule has 1 aliphatic heterocycles. The van der Waals surface area contributed by atoms with Crippen LogP contribution in [-0.2, 0) is 23.2 Å². The number of nitriles is 1. The van der Waals surface area contributed by atoms with Gasteiger partial charge in [0.1, 0.15) is 5.54 Å². The molecule has 1 N–H and O–H groups in total. The van der Waals surface area contributed by atoms with E-state index in [9.17, 15) is 15.2 Å². The highest BCUT2D eigenvalue weighted by Gasteiger charge is 2.46. The van der Waals surface area contributed by atoms with Crippen molar-refractivity contribution < 1.29 is 28.8 Å². The molecule has 2 aromatic carbocycles. The molecule has 0 aromatic heterocycles. The number of carboxylic acids is 1. The lowest BCUT2D eigenvalue weighted by atomic mass is 9.68. The fraction of sp³-hybridized carbons (Fsp3) is 0.517. The molecule has 2 aromatic rings. The molecule has 0 saturated heterocycles. The zero-order valence-electron chi connectivity index (χ0n) is 22.9. The van der Waals surface area contributed by atoms with E-state index in [1.807, 2.05) is 56.1 Å². The number of likely N-dealkylation sites (N-methyl/N-ethyl adjacent to an activating group) is 1. The van der Waals surface area contributed by atoms with Gasteiger partial charge in [-0.1, -0.05) is 19.9 Å². The third-order valence-corrected chi connectivity index (χ3v) is 7.97. The number of carboxylic acid groups (broad SMARTS) is 1. The van der Waals surface area contributed by atoms with Crippen LogP contribution in [0.3, 0.4) is 0 Å². The van der Waals surface area contributed by atoms with E-state index in [1.165, 1.54) is 0 Å².